The van der Waals surface area contributed by atoms with Gasteiger partial charge >= 0.3 is 5.97 Å². The first-order valence-electron chi connectivity index (χ1n) is 11.3. The SMILES string of the molecule is COC(=O)[C@@]1(O)C[C@H]2O[C@@H]1n1c3ccccc3c3c4c(c5c6ccccc6n2c5c31)C(=O)NC4. The molecular weight excluding hydrogens is 434 g/mol. The summed E-state index contributed by atoms with van der Waals surface area (Å²) in [6, 6.07) is 15.8. The molecular formula is C26H19N3O5. The summed E-state index contributed by atoms with van der Waals surface area (Å²) in [5.41, 5.74) is 3.24. The number of esters is 1. The average molecular weight is 453 g/mol. The highest BCUT2D eigenvalue weighted by Gasteiger charge is 2.58. The van der Waals surface area contributed by atoms with E-state index in [0.29, 0.717) is 12.1 Å². The van der Waals surface area contributed by atoms with Gasteiger partial charge in [-0.3, -0.25) is 4.79 Å². The van der Waals surface area contributed by atoms with E-state index in [1.165, 1.54) is 7.11 Å². The number of hydrogen-bond acceptors (Lipinski definition) is 5. The van der Waals surface area contributed by atoms with E-state index in [1.54, 1.807) is 0 Å². The summed E-state index contributed by atoms with van der Waals surface area (Å²) in [6.45, 7) is 0.421. The number of carbonyl (C=O) groups is 2. The molecule has 3 aromatic carbocycles. The minimum Gasteiger partial charge on any atom is -0.467 e. The van der Waals surface area contributed by atoms with Crippen LogP contribution in [0.15, 0.2) is 48.5 Å². The smallest absolute Gasteiger partial charge is 0.342 e. The number of aliphatic hydroxyl groups is 1. The molecule has 0 radical (unpaired) electrons. The van der Waals surface area contributed by atoms with Crippen LogP contribution in [0.3, 0.4) is 0 Å². The monoisotopic (exact) mass is 453 g/mol. The van der Waals surface area contributed by atoms with Crippen molar-refractivity contribution in [3.8, 4) is 0 Å². The van der Waals surface area contributed by atoms with E-state index >= 15 is 0 Å². The van der Waals surface area contributed by atoms with Crippen molar-refractivity contribution in [2.24, 2.45) is 0 Å². The third kappa shape index (κ3) is 1.84. The second-order valence-electron chi connectivity index (χ2n) is 9.32. The molecule has 5 heterocycles. The minimum absolute atomic E-state index is 0.0365. The fourth-order valence-corrected chi connectivity index (χ4v) is 6.52. The summed E-state index contributed by atoms with van der Waals surface area (Å²) in [5.74, 6) is -0.807. The van der Waals surface area contributed by atoms with Gasteiger partial charge < -0.3 is 29.0 Å². The Hall–Kier alpha value is -3.88. The number of ether oxygens (including phenoxy) is 2. The van der Waals surface area contributed by atoms with Gasteiger partial charge in [0.2, 0.25) is 5.60 Å². The summed E-state index contributed by atoms with van der Waals surface area (Å²) in [7, 11) is 1.28. The zero-order valence-corrected chi connectivity index (χ0v) is 18.2. The molecule has 8 nitrogen and oxygen atoms in total. The predicted molar refractivity (Wildman–Crippen MR) is 124 cm³/mol. The number of para-hydroxylation sites is 2. The van der Waals surface area contributed by atoms with E-state index < -0.39 is 24.0 Å². The number of carbonyl (C=O) groups excluding carboxylic acids is 2. The van der Waals surface area contributed by atoms with Crippen LogP contribution in [0.1, 0.15) is 34.8 Å². The Kier molecular flexibility index (Phi) is 3.15. The molecule has 1 fully saturated rings. The van der Waals surface area contributed by atoms with E-state index in [2.05, 4.69) is 9.88 Å². The number of methoxy groups -OCH3 is 1. The van der Waals surface area contributed by atoms with Gasteiger partial charge in [0.05, 0.1) is 34.7 Å². The number of rotatable bonds is 1. The molecule has 3 aliphatic rings. The molecule has 168 valence electrons. The maximum absolute atomic E-state index is 13.2. The summed E-state index contributed by atoms with van der Waals surface area (Å²) in [6.07, 6.45) is -1.55. The molecule has 8 rings (SSSR count). The topological polar surface area (TPSA) is 94.7 Å². The van der Waals surface area contributed by atoms with Crippen molar-refractivity contribution in [2.45, 2.75) is 31.0 Å². The first-order valence-corrected chi connectivity index (χ1v) is 11.3. The van der Waals surface area contributed by atoms with E-state index in [-0.39, 0.29) is 12.3 Å². The summed E-state index contributed by atoms with van der Waals surface area (Å²) < 4.78 is 15.5. The summed E-state index contributed by atoms with van der Waals surface area (Å²) in [4.78, 5) is 26.1. The van der Waals surface area contributed by atoms with Crippen LogP contribution in [0.4, 0.5) is 0 Å². The average Bonchev–Trinajstić information content (AvgIpc) is 3.55. The van der Waals surface area contributed by atoms with Crippen LogP contribution < -0.4 is 5.32 Å². The van der Waals surface area contributed by atoms with Gasteiger partial charge in [-0.25, -0.2) is 4.79 Å². The zero-order valence-electron chi connectivity index (χ0n) is 18.2. The molecule has 2 bridgehead atoms. The van der Waals surface area contributed by atoms with E-state index in [9.17, 15) is 14.7 Å². The number of hydrogen-bond donors (Lipinski definition) is 2. The predicted octanol–water partition coefficient (Wildman–Crippen LogP) is 3.48. The fourth-order valence-electron chi connectivity index (χ4n) is 6.52. The lowest BCUT2D eigenvalue weighted by Gasteiger charge is -2.28. The van der Waals surface area contributed by atoms with Crippen molar-refractivity contribution in [3.05, 3.63) is 59.7 Å². The van der Waals surface area contributed by atoms with Crippen molar-refractivity contribution in [2.75, 3.05) is 7.11 Å². The van der Waals surface area contributed by atoms with Crippen LogP contribution in [0.25, 0.3) is 43.6 Å². The maximum Gasteiger partial charge on any atom is 0.342 e. The number of benzene rings is 3. The number of nitrogens with zero attached hydrogens (tertiary/aromatic N) is 2. The lowest BCUT2D eigenvalue weighted by atomic mass is 9.95. The summed E-state index contributed by atoms with van der Waals surface area (Å²) >= 11 is 0. The molecule has 3 aliphatic heterocycles. The van der Waals surface area contributed by atoms with Crippen LogP contribution in [0.2, 0.25) is 0 Å². The normalized spacial score (nSPS) is 24.9. The third-order valence-electron chi connectivity index (χ3n) is 7.79. The number of aromatic nitrogens is 2. The van der Waals surface area contributed by atoms with Crippen molar-refractivity contribution >= 4 is 55.5 Å². The molecule has 3 atom stereocenters. The van der Waals surface area contributed by atoms with E-state index in [1.807, 2.05) is 53.1 Å². The van der Waals surface area contributed by atoms with Gasteiger partial charge in [-0.15, -0.1) is 0 Å². The molecule has 8 heteroatoms. The molecule has 5 aromatic rings. The quantitative estimate of drug-likeness (QED) is 0.379. The van der Waals surface area contributed by atoms with Gasteiger partial charge in [0.1, 0.15) is 6.23 Å². The van der Waals surface area contributed by atoms with Gasteiger partial charge in [0.15, 0.2) is 6.23 Å². The van der Waals surface area contributed by atoms with Crippen molar-refractivity contribution in [1.82, 2.24) is 14.5 Å². The molecule has 2 aromatic heterocycles. The van der Waals surface area contributed by atoms with Gasteiger partial charge in [-0.2, -0.15) is 0 Å². The first-order chi connectivity index (χ1) is 16.5. The summed E-state index contributed by atoms with van der Waals surface area (Å²) in [5, 5.41) is 18.5. The lowest BCUT2D eigenvalue weighted by molar-refractivity contribution is -0.174. The number of amides is 1. The van der Waals surface area contributed by atoms with Gasteiger partial charge in [-0.1, -0.05) is 36.4 Å². The van der Waals surface area contributed by atoms with Gasteiger partial charge in [-0.05, 0) is 17.7 Å². The minimum atomic E-state index is -1.86. The molecule has 1 saturated heterocycles. The number of nitrogens with one attached hydrogen (secondary N) is 1. The Morgan fingerprint density at radius 1 is 1.06 bits per heavy atom. The van der Waals surface area contributed by atoms with Gasteiger partial charge in [0, 0.05) is 34.5 Å². The molecule has 0 spiro atoms. The molecule has 1 amide bonds. The maximum atomic E-state index is 13.2. The van der Waals surface area contributed by atoms with Crippen molar-refractivity contribution in [1.29, 1.82) is 0 Å². The Labute approximate surface area is 192 Å². The van der Waals surface area contributed by atoms with Crippen LogP contribution in [0, 0.1) is 0 Å². The van der Waals surface area contributed by atoms with Crippen molar-refractivity contribution < 1.29 is 24.2 Å². The molecule has 0 unspecified atom stereocenters. The fraction of sp³-hybridized carbons (Fsp3) is 0.231. The molecule has 34 heavy (non-hydrogen) atoms. The third-order valence-corrected chi connectivity index (χ3v) is 7.79. The van der Waals surface area contributed by atoms with Crippen LogP contribution >= 0.6 is 0 Å². The Morgan fingerprint density at radius 3 is 2.44 bits per heavy atom. The molecule has 0 aliphatic carbocycles. The highest BCUT2D eigenvalue weighted by atomic mass is 16.6. The molecule has 0 saturated carbocycles. The second kappa shape index (κ2) is 5.78. The van der Waals surface area contributed by atoms with Gasteiger partial charge in [0.25, 0.3) is 5.91 Å². The lowest BCUT2D eigenvalue weighted by Crippen LogP contribution is -2.44. The highest BCUT2D eigenvalue weighted by Crippen LogP contribution is 2.55. The highest BCUT2D eigenvalue weighted by molar-refractivity contribution is 6.31. The van der Waals surface area contributed by atoms with Crippen LogP contribution in [-0.2, 0) is 20.8 Å². The van der Waals surface area contributed by atoms with Crippen molar-refractivity contribution in [3.63, 3.8) is 0 Å². The standard InChI is InChI=1S/C26H19N3O5/c1-33-25(31)26(32)10-17-28-15-8-4-3-7-13(15)19-20-14(11-27-23(20)30)18-12-6-2-5-9-16(12)29(24(26)34-17)21(18)22(19)28/h2-9,17,24,32H,10-11H2,1H3,(H,27,30)/t17-,24+,26-/m1/s1. The Balaban J connectivity index is 1.71. The van der Waals surface area contributed by atoms with Crippen LogP contribution in [-0.4, -0.2) is 38.8 Å². The van der Waals surface area contributed by atoms with E-state index in [4.69, 9.17) is 9.47 Å². The number of fused-ring (bicyclic) bond motifs is 13. The zero-order chi connectivity index (χ0) is 22.9. The Bertz CT molecular complexity index is 1780. The van der Waals surface area contributed by atoms with E-state index in [0.717, 1.165) is 49.2 Å². The largest absolute Gasteiger partial charge is 0.467 e. The molecule has 2 N–H and O–H groups in total. The first kappa shape index (κ1) is 18.5. The van der Waals surface area contributed by atoms with Crippen LogP contribution in [0.5, 0.6) is 0 Å². The second-order valence-corrected chi connectivity index (χ2v) is 9.32. The Morgan fingerprint density at radius 2 is 1.71 bits per heavy atom.